The van der Waals surface area contributed by atoms with E-state index in [-0.39, 0.29) is 0 Å². The Labute approximate surface area is 112 Å². The number of hydrogen-bond donors (Lipinski definition) is 1. The molecule has 0 radical (unpaired) electrons. The molecule has 0 amide bonds. The number of nitrogens with zero attached hydrogens (tertiary/aromatic N) is 1. The van der Waals surface area contributed by atoms with Crippen LogP contribution in [0.15, 0.2) is 34.7 Å². The van der Waals surface area contributed by atoms with Gasteiger partial charge in [0.05, 0.1) is 11.4 Å². The first kappa shape index (κ1) is 12.8. The molecule has 0 aliphatic carbocycles. The van der Waals surface area contributed by atoms with Gasteiger partial charge in [0.15, 0.2) is 0 Å². The Hall–Kier alpha value is -1.61. The summed E-state index contributed by atoms with van der Waals surface area (Å²) in [5.41, 5.74) is 7.63. The third-order valence-corrected chi connectivity index (χ3v) is 3.13. The third-order valence-electron chi connectivity index (χ3n) is 2.89. The van der Waals surface area contributed by atoms with Crippen LogP contribution in [0, 0.1) is 6.92 Å². The lowest BCUT2D eigenvalue weighted by molar-refractivity contribution is 0.483. The van der Waals surface area contributed by atoms with Crippen molar-refractivity contribution in [3.05, 3.63) is 46.9 Å². The largest absolute Gasteiger partial charge is 0.466 e. The topological polar surface area (TPSA) is 42.4 Å². The van der Waals surface area contributed by atoms with E-state index in [4.69, 9.17) is 21.8 Å². The van der Waals surface area contributed by atoms with Gasteiger partial charge < -0.3 is 15.1 Å². The molecule has 1 aromatic carbocycles. The second-order valence-electron chi connectivity index (χ2n) is 4.39. The number of hydrogen-bond acceptors (Lipinski definition) is 3. The van der Waals surface area contributed by atoms with Crippen LogP contribution in [0.3, 0.4) is 0 Å². The van der Waals surface area contributed by atoms with Crippen molar-refractivity contribution >= 4 is 23.0 Å². The number of nitrogens with two attached hydrogens (primary N) is 1. The van der Waals surface area contributed by atoms with Gasteiger partial charge in [0.1, 0.15) is 11.5 Å². The molecular formula is C14H17ClN2O. The molecule has 0 fully saturated rings. The van der Waals surface area contributed by atoms with E-state index in [0.717, 1.165) is 30.2 Å². The number of nitrogen functional groups attached to an aromatic ring is 1. The van der Waals surface area contributed by atoms with E-state index >= 15 is 0 Å². The Morgan fingerprint density at radius 1 is 1.28 bits per heavy atom. The summed E-state index contributed by atoms with van der Waals surface area (Å²) >= 11 is 5.88. The fourth-order valence-corrected chi connectivity index (χ4v) is 2.07. The molecule has 96 valence electrons. The van der Waals surface area contributed by atoms with Crippen LogP contribution >= 0.6 is 11.6 Å². The molecule has 0 atom stereocenters. The van der Waals surface area contributed by atoms with Crippen molar-refractivity contribution in [2.45, 2.75) is 13.3 Å². The van der Waals surface area contributed by atoms with Crippen LogP contribution in [0.4, 0.5) is 11.4 Å². The highest BCUT2D eigenvalue weighted by Crippen LogP contribution is 2.25. The molecule has 2 rings (SSSR count). The molecule has 0 aliphatic rings. The monoisotopic (exact) mass is 264 g/mol. The predicted octanol–water partition coefficient (Wildman–Crippen LogP) is 3.50. The Balaban J connectivity index is 2.01. The molecule has 1 aromatic heterocycles. The summed E-state index contributed by atoms with van der Waals surface area (Å²) < 4.78 is 5.54. The maximum Gasteiger partial charge on any atom is 0.105 e. The highest BCUT2D eigenvalue weighted by atomic mass is 35.5. The van der Waals surface area contributed by atoms with Gasteiger partial charge in [-0.3, -0.25) is 0 Å². The molecule has 0 spiro atoms. The van der Waals surface area contributed by atoms with Crippen LogP contribution in [0.1, 0.15) is 11.5 Å². The number of benzene rings is 1. The van der Waals surface area contributed by atoms with Gasteiger partial charge in [0.25, 0.3) is 0 Å². The summed E-state index contributed by atoms with van der Waals surface area (Å²) in [6, 6.07) is 9.54. The van der Waals surface area contributed by atoms with Gasteiger partial charge in [-0.25, -0.2) is 0 Å². The molecule has 3 nitrogen and oxygen atoms in total. The molecule has 18 heavy (non-hydrogen) atoms. The smallest absolute Gasteiger partial charge is 0.105 e. The molecule has 0 bridgehead atoms. The van der Waals surface area contributed by atoms with E-state index < -0.39 is 0 Å². The van der Waals surface area contributed by atoms with E-state index in [1.807, 2.05) is 38.2 Å². The Morgan fingerprint density at radius 2 is 2.06 bits per heavy atom. The van der Waals surface area contributed by atoms with Crippen LogP contribution in [0.25, 0.3) is 0 Å². The summed E-state index contributed by atoms with van der Waals surface area (Å²) in [4.78, 5) is 2.10. The quantitative estimate of drug-likeness (QED) is 0.860. The number of likely N-dealkylation sites (N-methyl/N-ethyl adjacent to an activating group) is 1. The predicted molar refractivity (Wildman–Crippen MR) is 76.3 cm³/mol. The maximum atomic E-state index is 5.95. The van der Waals surface area contributed by atoms with E-state index in [0.29, 0.717) is 10.7 Å². The van der Waals surface area contributed by atoms with Crippen LogP contribution in [-0.2, 0) is 6.42 Å². The average Bonchev–Trinajstić information content (AvgIpc) is 2.72. The number of rotatable bonds is 4. The summed E-state index contributed by atoms with van der Waals surface area (Å²) in [6.45, 7) is 2.79. The minimum absolute atomic E-state index is 0.659. The van der Waals surface area contributed by atoms with E-state index in [2.05, 4.69) is 4.90 Å². The highest BCUT2D eigenvalue weighted by molar-refractivity contribution is 6.31. The minimum atomic E-state index is 0.659. The molecule has 0 saturated heterocycles. The lowest BCUT2D eigenvalue weighted by atomic mass is 10.2. The summed E-state index contributed by atoms with van der Waals surface area (Å²) in [5, 5.41) is 0.659. The fourth-order valence-electron chi connectivity index (χ4n) is 1.89. The number of halogens is 1. The molecule has 2 aromatic rings. The van der Waals surface area contributed by atoms with Gasteiger partial charge in [-0.15, -0.1) is 0 Å². The first-order chi connectivity index (χ1) is 8.56. The molecule has 0 aliphatic heterocycles. The van der Waals surface area contributed by atoms with Crippen LogP contribution in [0.5, 0.6) is 0 Å². The van der Waals surface area contributed by atoms with Crippen LogP contribution in [0.2, 0.25) is 5.02 Å². The van der Waals surface area contributed by atoms with Crippen LogP contribution < -0.4 is 10.6 Å². The molecule has 4 heteroatoms. The van der Waals surface area contributed by atoms with Crippen molar-refractivity contribution in [1.82, 2.24) is 0 Å². The van der Waals surface area contributed by atoms with Gasteiger partial charge in [-0.2, -0.15) is 0 Å². The summed E-state index contributed by atoms with van der Waals surface area (Å²) in [6.07, 6.45) is 0.854. The van der Waals surface area contributed by atoms with E-state index in [1.54, 1.807) is 6.07 Å². The zero-order valence-corrected chi connectivity index (χ0v) is 11.4. The molecule has 0 saturated carbocycles. The number of anilines is 2. The Morgan fingerprint density at radius 3 is 2.67 bits per heavy atom. The lowest BCUT2D eigenvalue weighted by Crippen LogP contribution is -2.21. The number of aryl methyl sites for hydroxylation is 1. The Kier molecular flexibility index (Phi) is 3.82. The molecular weight excluding hydrogens is 248 g/mol. The summed E-state index contributed by atoms with van der Waals surface area (Å²) in [7, 11) is 2.01. The first-order valence-electron chi connectivity index (χ1n) is 5.88. The lowest BCUT2D eigenvalue weighted by Gasteiger charge is -2.20. The van der Waals surface area contributed by atoms with Crippen LogP contribution in [-0.4, -0.2) is 13.6 Å². The minimum Gasteiger partial charge on any atom is -0.466 e. The van der Waals surface area contributed by atoms with Crippen molar-refractivity contribution in [2.24, 2.45) is 0 Å². The second kappa shape index (κ2) is 5.36. The molecule has 2 N–H and O–H groups in total. The number of furan rings is 1. The van der Waals surface area contributed by atoms with Crippen molar-refractivity contribution in [1.29, 1.82) is 0 Å². The van der Waals surface area contributed by atoms with E-state index in [9.17, 15) is 0 Å². The normalized spacial score (nSPS) is 10.6. The van der Waals surface area contributed by atoms with Gasteiger partial charge in [0, 0.05) is 25.0 Å². The zero-order valence-electron chi connectivity index (χ0n) is 10.6. The Bertz CT molecular complexity index is 536. The zero-order chi connectivity index (χ0) is 13.1. The van der Waals surface area contributed by atoms with Gasteiger partial charge in [-0.1, -0.05) is 11.6 Å². The van der Waals surface area contributed by atoms with E-state index in [1.165, 1.54) is 0 Å². The highest BCUT2D eigenvalue weighted by Gasteiger charge is 2.07. The standard InChI is InChI=1S/C14H17ClN2O/c1-10-3-5-12(18-10)7-8-17(2)14-6-4-11(15)9-13(14)16/h3-6,9H,7-8,16H2,1-2H3. The summed E-state index contributed by atoms with van der Waals surface area (Å²) in [5.74, 6) is 1.94. The fraction of sp³-hybridized carbons (Fsp3) is 0.286. The van der Waals surface area contributed by atoms with Gasteiger partial charge in [0.2, 0.25) is 0 Å². The second-order valence-corrected chi connectivity index (χ2v) is 4.82. The average molecular weight is 265 g/mol. The third kappa shape index (κ3) is 2.99. The van der Waals surface area contributed by atoms with Crippen molar-refractivity contribution in [2.75, 3.05) is 24.2 Å². The molecule has 0 unspecified atom stereocenters. The SMILES string of the molecule is Cc1ccc(CCN(C)c2ccc(Cl)cc2N)o1. The van der Waals surface area contributed by atoms with Crippen molar-refractivity contribution in [3.8, 4) is 0 Å². The molecule has 1 heterocycles. The van der Waals surface area contributed by atoms with Gasteiger partial charge >= 0.3 is 0 Å². The first-order valence-corrected chi connectivity index (χ1v) is 6.25. The van der Waals surface area contributed by atoms with Gasteiger partial charge in [-0.05, 0) is 37.3 Å². The van der Waals surface area contributed by atoms with Crippen molar-refractivity contribution < 1.29 is 4.42 Å². The van der Waals surface area contributed by atoms with Crippen molar-refractivity contribution in [3.63, 3.8) is 0 Å². The maximum absolute atomic E-state index is 5.95.